The second kappa shape index (κ2) is 5.46. The van der Waals surface area contributed by atoms with Crippen LogP contribution in [-0.4, -0.2) is 17.1 Å². The molecule has 2 rings (SSSR count). The Hall–Kier alpha value is -2.14. The van der Waals surface area contributed by atoms with Gasteiger partial charge in [0.25, 0.3) is 0 Å². The Labute approximate surface area is 106 Å². The van der Waals surface area contributed by atoms with E-state index in [-0.39, 0.29) is 6.01 Å². The van der Waals surface area contributed by atoms with E-state index in [2.05, 4.69) is 9.97 Å². The molecule has 0 fully saturated rings. The highest BCUT2D eigenvalue weighted by atomic mass is 16.5. The lowest BCUT2D eigenvalue weighted by molar-refractivity contribution is 0.367. The minimum atomic E-state index is 0.278. The maximum absolute atomic E-state index is 5.62. The minimum Gasteiger partial charge on any atom is -0.493 e. The van der Waals surface area contributed by atoms with Crippen molar-refractivity contribution in [3.63, 3.8) is 0 Å². The topological polar surface area (TPSA) is 70.3 Å². The molecule has 5 heteroatoms. The Morgan fingerprint density at radius 1 is 1.17 bits per heavy atom. The summed E-state index contributed by atoms with van der Waals surface area (Å²) in [7, 11) is 1.59. The number of methoxy groups -OCH3 is 1. The zero-order chi connectivity index (χ0) is 13.0. The van der Waals surface area contributed by atoms with Crippen LogP contribution in [0.25, 0.3) is 0 Å². The van der Waals surface area contributed by atoms with E-state index >= 15 is 0 Å². The van der Waals surface area contributed by atoms with Crippen molar-refractivity contribution < 1.29 is 9.47 Å². The summed E-state index contributed by atoms with van der Waals surface area (Å²) in [6.45, 7) is 2.22. The quantitative estimate of drug-likeness (QED) is 0.892. The van der Waals surface area contributed by atoms with Crippen LogP contribution in [-0.2, 0) is 6.54 Å². The molecule has 2 aromatic rings. The third kappa shape index (κ3) is 2.75. The van der Waals surface area contributed by atoms with Gasteiger partial charge in [-0.2, -0.15) is 4.98 Å². The largest absolute Gasteiger partial charge is 0.493 e. The maximum Gasteiger partial charge on any atom is 0.322 e. The number of aromatic nitrogens is 2. The number of hydrogen-bond acceptors (Lipinski definition) is 5. The summed E-state index contributed by atoms with van der Waals surface area (Å²) in [5.41, 5.74) is 7.12. The fourth-order valence-corrected chi connectivity index (χ4v) is 1.56. The van der Waals surface area contributed by atoms with Crippen molar-refractivity contribution in [3.8, 4) is 17.5 Å². The molecule has 0 aliphatic carbocycles. The molecule has 0 aliphatic rings. The average molecular weight is 245 g/mol. The Balaban J connectivity index is 2.30. The van der Waals surface area contributed by atoms with Gasteiger partial charge in [-0.15, -0.1) is 0 Å². The van der Waals surface area contributed by atoms with Crippen LogP contribution in [0.15, 0.2) is 30.3 Å². The molecule has 1 aromatic carbocycles. The highest BCUT2D eigenvalue weighted by Crippen LogP contribution is 2.29. The zero-order valence-corrected chi connectivity index (χ0v) is 10.4. The lowest BCUT2D eigenvalue weighted by Gasteiger charge is -2.09. The molecule has 2 N–H and O–H groups in total. The van der Waals surface area contributed by atoms with Gasteiger partial charge in [0.1, 0.15) is 0 Å². The molecule has 5 nitrogen and oxygen atoms in total. The van der Waals surface area contributed by atoms with Gasteiger partial charge in [-0.05, 0) is 25.1 Å². The third-order valence-corrected chi connectivity index (χ3v) is 2.37. The fraction of sp³-hybridized carbons (Fsp3) is 0.231. The maximum atomic E-state index is 5.62. The van der Waals surface area contributed by atoms with Crippen molar-refractivity contribution in [1.82, 2.24) is 9.97 Å². The molecule has 0 unspecified atom stereocenters. The molecule has 0 bridgehead atoms. The van der Waals surface area contributed by atoms with E-state index in [1.165, 1.54) is 0 Å². The van der Waals surface area contributed by atoms with E-state index in [1.807, 2.05) is 31.2 Å². The predicted octanol–water partition coefficient (Wildman–Crippen LogP) is 2.04. The summed E-state index contributed by atoms with van der Waals surface area (Å²) in [6, 6.07) is 9.45. The van der Waals surface area contributed by atoms with Crippen LogP contribution >= 0.6 is 0 Å². The average Bonchev–Trinajstić information content (AvgIpc) is 2.38. The van der Waals surface area contributed by atoms with Crippen molar-refractivity contribution in [2.24, 2.45) is 5.73 Å². The number of rotatable bonds is 4. The second-order valence-corrected chi connectivity index (χ2v) is 3.74. The number of nitrogens with zero attached hydrogens (tertiary/aromatic N) is 2. The van der Waals surface area contributed by atoms with Gasteiger partial charge in [0.05, 0.1) is 12.8 Å². The first kappa shape index (κ1) is 12.3. The van der Waals surface area contributed by atoms with Crippen molar-refractivity contribution in [3.05, 3.63) is 41.7 Å². The molecule has 0 spiro atoms. The standard InChI is InChI=1S/C13H15N3O2/c1-9-7-10(8-14)16-13(15-9)18-12-6-4-3-5-11(12)17-2/h3-7H,8,14H2,1-2H3. The van der Waals surface area contributed by atoms with Crippen LogP contribution in [0, 0.1) is 6.92 Å². The SMILES string of the molecule is COc1ccccc1Oc1nc(C)cc(CN)n1. The zero-order valence-electron chi connectivity index (χ0n) is 10.4. The number of aryl methyl sites for hydroxylation is 1. The number of para-hydroxylation sites is 2. The van der Waals surface area contributed by atoms with Gasteiger partial charge in [0.2, 0.25) is 0 Å². The van der Waals surface area contributed by atoms with Crippen molar-refractivity contribution >= 4 is 0 Å². The smallest absolute Gasteiger partial charge is 0.322 e. The summed E-state index contributed by atoms with van der Waals surface area (Å²) >= 11 is 0. The summed E-state index contributed by atoms with van der Waals surface area (Å²) in [6.07, 6.45) is 0. The first-order chi connectivity index (χ1) is 8.72. The molecule has 1 heterocycles. The lowest BCUT2D eigenvalue weighted by Crippen LogP contribution is -2.03. The number of hydrogen-bond donors (Lipinski definition) is 1. The van der Waals surface area contributed by atoms with E-state index in [1.54, 1.807) is 13.2 Å². The van der Waals surface area contributed by atoms with Crippen LogP contribution in [0.3, 0.4) is 0 Å². The summed E-state index contributed by atoms with van der Waals surface area (Å²) in [5, 5.41) is 0. The van der Waals surface area contributed by atoms with Crippen LogP contribution in [0.4, 0.5) is 0 Å². The van der Waals surface area contributed by atoms with Crippen LogP contribution < -0.4 is 15.2 Å². The van der Waals surface area contributed by atoms with Gasteiger partial charge in [-0.3, -0.25) is 0 Å². The van der Waals surface area contributed by atoms with Gasteiger partial charge in [-0.25, -0.2) is 4.98 Å². The van der Waals surface area contributed by atoms with E-state index in [9.17, 15) is 0 Å². The number of ether oxygens (including phenoxy) is 2. The second-order valence-electron chi connectivity index (χ2n) is 3.74. The van der Waals surface area contributed by atoms with Gasteiger partial charge >= 0.3 is 6.01 Å². The summed E-state index contributed by atoms with van der Waals surface area (Å²) < 4.78 is 10.8. The third-order valence-electron chi connectivity index (χ3n) is 2.37. The van der Waals surface area contributed by atoms with Crippen LogP contribution in [0.5, 0.6) is 17.5 Å². The Morgan fingerprint density at radius 3 is 2.56 bits per heavy atom. The summed E-state index contributed by atoms with van der Waals surface area (Å²) in [5.74, 6) is 1.21. The van der Waals surface area contributed by atoms with Gasteiger partial charge in [-0.1, -0.05) is 12.1 Å². The Kier molecular flexibility index (Phi) is 3.74. The van der Waals surface area contributed by atoms with Crippen molar-refractivity contribution in [2.75, 3.05) is 7.11 Å². The monoisotopic (exact) mass is 245 g/mol. The summed E-state index contributed by atoms with van der Waals surface area (Å²) in [4.78, 5) is 8.42. The van der Waals surface area contributed by atoms with E-state index in [4.69, 9.17) is 15.2 Å². The molecular formula is C13H15N3O2. The highest BCUT2D eigenvalue weighted by Gasteiger charge is 2.07. The van der Waals surface area contributed by atoms with Crippen LogP contribution in [0.2, 0.25) is 0 Å². The first-order valence-corrected chi connectivity index (χ1v) is 5.58. The fourth-order valence-electron chi connectivity index (χ4n) is 1.56. The molecule has 0 amide bonds. The highest BCUT2D eigenvalue weighted by molar-refractivity contribution is 5.40. The molecule has 94 valence electrons. The van der Waals surface area contributed by atoms with Crippen LogP contribution in [0.1, 0.15) is 11.4 Å². The predicted molar refractivity (Wildman–Crippen MR) is 67.7 cm³/mol. The number of nitrogens with two attached hydrogens (primary N) is 1. The minimum absolute atomic E-state index is 0.278. The van der Waals surface area contributed by atoms with E-state index in [0.29, 0.717) is 18.0 Å². The van der Waals surface area contributed by atoms with Gasteiger partial charge in [0.15, 0.2) is 11.5 Å². The van der Waals surface area contributed by atoms with Gasteiger partial charge < -0.3 is 15.2 Å². The molecule has 0 aliphatic heterocycles. The Morgan fingerprint density at radius 2 is 1.89 bits per heavy atom. The molecule has 0 saturated heterocycles. The molecule has 0 saturated carbocycles. The van der Waals surface area contributed by atoms with Crippen molar-refractivity contribution in [1.29, 1.82) is 0 Å². The normalized spacial score (nSPS) is 10.2. The number of benzene rings is 1. The van der Waals surface area contributed by atoms with E-state index < -0.39 is 0 Å². The molecule has 0 radical (unpaired) electrons. The first-order valence-electron chi connectivity index (χ1n) is 5.58. The Bertz CT molecular complexity index is 544. The lowest BCUT2D eigenvalue weighted by atomic mass is 10.3. The van der Waals surface area contributed by atoms with Gasteiger partial charge in [0, 0.05) is 12.2 Å². The van der Waals surface area contributed by atoms with Crippen molar-refractivity contribution in [2.45, 2.75) is 13.5 Å². The molecular weight excluding hydrogens is 230 g/mol. The molecule has 0 atom stereocenters. The van der Waals surface area contributed by atoms with E-state index in [0.717, 1.165) is 11.4 Å². The molecule has 18 heavy (non-hydrogen) atoms. The molecule has 1 aromatic heterocycles.